The molecule has 0 saturated heterocycles. The third-order valence-corrected chi connectivity index (χ3v) is 6.87. The summed E-state index contributed by atoms with van der Waals surface area (Å²) in [6, 6.07) is 0. The molecule has 0 atom stereocenters. The van der Waals surface area contributed by atoms with Crippen molar-refractivity contribution in [1.29, 1.82) is 0 Å². The Hall–Kier alpha value is -0.600. The van der Waals surface area contributed by atoms with Crippen molar-refractivity contribution in [1.82, 2.24) is 9.80 Å². The molecule has 0 rings (SSSR count). The molecule has 0 aromatic carbocycles. The van der Waals surface area contributed by atoms with E-state index in [-0.39, 0.29) is 0 Å². The van der Waals surface area contributed by atoms with Gasteiger partial charge in [0.2, 0.25) is 0 Å². The molecule has 0 aliphatic heterocycles. The highest BCUT2D eigenvalue weighted by molar-refractivity contribution is 4.92. The molecule has 0 radical (unpaired) electrons. The van der Waals surface area contributed by atoms with E-state index < -0.39 is 0 Å². The Bertz CT molecular complexity index is 427. The Labute approximate surface area is 216 Å². The summed E-state index contributed by atoms with van der Waals surface area (Å²) in [5.41, 5.74) is 0. The lowest BCUT2D eigenvalue weighted by Crippen LogP contribution is -2.33. The molecule has 2 nitrogen and oxygen atoms in total. The third kappa shape index (κ3) is 27.6. The molecule has 0 heterocycles. The molecular formula is C32H64N2. The largest absolute Gasteiger partial charge is 0.308 e. The van der Waals surface area contributed by atoms with Crippen molar-refractivity contribution >= 4 is 0 Å². The zero-order valence-electron chi connectivity index (χ0n) is 24.2. The summed E-state index contributed by atoms with van der Waals surface area (Å²) < 4.78 is 0. The molecule has 34 heavy (non-hydrogen) atoms. The lowest BCUT2D eigenvalue weighted by atomic mass is 10.1. The predicted octanol–water partition coefficient (Wildman–Crippen LogP) is 9.80. The van der Waals surface area contributed by atoms with E-state index in [4.69, 9.17) is 0 Å². The van der Waals surface area contributed by atoms with Crippen LogP contribution in [-0.4, -0.2) is 50.1 Å². The first-order chi connectivity index (χ1) is 16.7. The summed E-state index contributed by atoms with van der Waals surface area (Å²) in [7, 11) is 4.41. The number of allylic oxidation sites excluding steroid dienone is 4. The van der Waals surface area contributed by atoms with Gasteiger partial charge in [-0.1, -0.05) is 122 Å². The number of nitrogens with zero attached hydrogens (tertiary/aromatic N) is 2. The van der Waals surface area contributed by atoms with Gasteiger partial charge in [-0.2, -0.15) is 0 Å². The highest BCUT2D eigenvalue weighted by atomic mass is 15.2. The van der Waals surface area contributed by atoms with Crippen molar-refractivity contribution in [3.05, 3.63) is 24.3 Å². The second kappa shape index (κ2) is 28.6. The second-order valence-corrected chi connectivity index (χ2v) is 10.7. The van der Waals surface area contributed by atoms with Gasteiger partial charge in [0.1, 0.15) is 0 Å². The normalized spacial score (nSPS) is 12.3. The van der Waals surface area contributed by atoms with Crippen LogP contribution in [0.15, 0.2) is 24.3 Å². The molecule has 0 unspecified atom stereocenters. The topological polar surface area (TPSA) is 6.48 Å². The Morgan fingerprint density at radius 3 is 1.32 bits per heavy atom. The Morgan fingerprint density at radius 2 is 0.824 bits per heavy atom. The van der Waals surface area contributed by atoms with Crippen molar-refractivity contribution in [3.63, 3.8) is 0 Å². The summed E-state index contributed by atoms with van der Waals surface area (Å²) in [6.45, 7) is 9.62. The third-order valence-electron chi connectivity index (χ3n) is 6.87. The van der Waals surface area contributed by atoms with Gasteiger partial charge in [-0.25, -0.2) is 0 Å². The van der Waals surface area contributed by atoms with Crippen molar-refractivity contribution < 1.29 is 0 Å². The van der Waals surface area contributed by atoms with Gasteiger partial charge < -0.3 is 9.80 Å². The fraction of sp³-hybridized carbons (Fsp3) is 0.875. The standard InChI is InChI=1S/C32H64N2/c1-5-7-9-11-13-15-16-17-18-19-20-21-22-24-26-28-30-34(32-31-33(3)4)29-27-25-23-14-12-10-8-6-2/h13,15,17-18H,5-12,14,16,19-32H2,1-4H3/b15-13+,18-17+. The van der Waals surface area contributed by atoms with E-state index in [1.807, 2.05) is 0 Å². The first-order valence-corrected chi connectivity index (χ1v) is 15.4. The molecule has 202 valence electrons. The van der Waals surface area contributed by atoms with Crippen LogP contribution in [0, 0.1) is 0 Å². The quantitative estimate of drug-likeness (QED) is 0.0859. The Morgan fingerprint density at radius 1 is 0.412 bits per heavy atom. The van der Waals surface area contributed by atoms with Gasteiger partial charge in [-0.15, -0.1) is 0 Å². The van der Waals surface area contributed by atoms with Crippen molar-refractivity contribution in [2.24, 2.45) is 0 Å². The van der Waals surface area contributed by atoms with Crippen molar-refractivity contribution in [2.45, 2.75) is 142 Å². The van der Waals surface area contributed by atoms with E-state index in [0.717, 1.165) is 6.42 Å². The molecule has 0 amide bonds. The maximum atomic E-state index is 2.74. The summed E-state index contributed by atoms with van der Waals surface area (Å²) in [5.74, 6) is 0. The van der Waals surface area contributed by atoms with E-state index in [0.29, 0.717) is 0 Å². The zero-order chi connectivity index (χ0) is 25.0. The number of rotatable bonds is 27. The average molecular weight is 477 g/mol. The van der Waals surface area contributed by atoms with Gasteiger partial charge in [-0.3, -0.25) is 0 Å². The van der Waals surface area contributed by atoms with Crippen LogP contribution >= 0.6 is 0 Å². The van der Waals surface area contributed by atoms with Crippen LogP contribution in [0.3, 0.4) is 0 Å². The molecule has 0 bridgehead atoms. The van der Waals surface area contributed by atoms with Gasteiger partial charge in [0.15, 0.2) is 0 Å². The fourth-order valence-corrected chi connectivity index (χ4v) is 4.47. The van der Waals surface area contributed by atoms with E-state index in [1.54, 1.807) is 0 Å². The van der Waals surface area contributed by atoms with Gasteiger partial charge in [-0.05, 0) is 72.1 Å². The van der Waals surface area contributed by atoms with Crippen LogP contribution in [0.5, 0.6) is 0 Å². The van der Waals surface area contributed by atoms with Crippen LogP contribution in [0.25, 0.3) is 0 Å². The molecule has 0 spiro atoms. The SMILES string of the molecule is CCCCC/C=C/C/C=C/CCCCCCCCN(CCCCCCCCCC)CCN(C)C. The van der Waals surface area contributed by atoms with Crippen LogP contribution in [0.2, 0.25) is 0 Å². The maximum Gasteiger partial charge on any atom is 0.0109 e. The first kappa shape index (κ1) is 33.4. The monoisotopic (exact) mass is 477 g/mol. The lowest BCUT2D eigenvalue weighted by molar-refractivity contribution is 0.231. The maximum absolute atomic E-state index is 2.74. The van der Waals surface area contributed by atoms with E-state index in [1.165, 1.54) is 148 Å². The van der Waals surface area contributed by atoms with E-state index >= 15 is 0 Å². The highest BCUT2D eigenvalue weighted by Gasteiger charge is 2.05. The molecule has 0 aromatic heterocycles. The van der Waals surface area contributed by atoms with Crippen LogP contribution in [-0.2, 0) is 0 Å². The minimum absolute atomic E-state index is 1.12. The second-order valence-electron chi connectivity index (χ2n) is 10.7. The minimum Gasteiger partial charge on any atom is -0.308 e. The Kier molecular flexibility index (Phi) is 28.1. The number of likely N-dealkylation sites (N-methyl/N-ethyl adjacent to an activating group) is 1. The number of hydrogen-bond acceptors (Lipinski definition) is 2. The van der Waals surface area contributed by atoms with E-state index in [2.05, 4.69) is 62.0 Å². The minimum atomic E-state index is 1.12. The van der Waals surface area contributed by atoms with Gasteiger partial charge >= 0.3 is 0 Å². The van der Waals surface area contributed by atoms with Crippen molar-refractivity contribution in [2.75, 3.05) is 40.3 Å². The molecule has 2 heteroatoms. The average Bonchev–Trinajstić information content (AvgIpc) is 2.83. The summed E-state index contributed by atoms with van der Waals surface area (Å²) >= 11 is 0. The summed E-state index contributed by atoms with van der Waals surface area (Å²) in [6.07, 6.45) is 36.9. The summed E-state index contributed by atoms with van der Waals surface area (Å²) in [4.78, 5) is 5.07. The molecular weight excluding hydrogens is 412 g/mol. The molecule has 0 saturated carbocycles. The van der Waals surface area contributed by atoms with Gasteiger partial charge in [0.25, 0.3) is 0 Å². The smallest absolute Gasteiger partial charge is 0.0109 e. The molecule has 0 N–H and O–H groups in total. The zero-order valence-corrected chi connectivity index (χ0v) is 24.2. The highest BCUT2D eigenvalue weighted by Crippen LogP contribution is 2.11. The fourth-order valence-electron chi connectivity index (χ4n) is 4.47. The number of hydrogen-bond donors (Lipinski definition) is 0. The van der Waals surface area contributed by atoms with Crippen LogP contribution in [0.4, 0.5) is 0 Å². The predicted molar refractivity (Wildman–Crippen MR) is 157 cm³/mol. The van der Waals surface area contributed by atoms with Crippen molar-refractivity contribution in [3.8, 4) is 0 Å². The molecule has 0 aliphatic rings. The molecule has 0 aliphatic carbocycles. The number of unbranched alkanes of at least 4 members (excludes halogenated alkanes) is 16. The first-order valence-electron chi connectivity index (χ1n) is 15.4. The van der Waals surface area contributed by atoms with Gasteiger partial charge in [0.05, 0.1) is 0 Å². The summed E-state index contributed by atoms with van der Waals surface area (Å²) in [5, 5.41) is 0. The van der Waals surface area contributed by atoms with Gasteiger partial charge in [0, 0.05) is 13.1 Å². The van der Waals surface area contributed by atoms with E-state index in [9.17, 15) is 0 Å². The van der Waals surface area contributed by atoms with Crippen LogP contribution in [0.1, 0.15) is 142 Å². The Balaban J connectivity index is 3.65. The molecule has 0 fully saturated rings. The van der Waals surface area contributed by atoms with Crippen LogP contribution < -0.4 is 0 Å². The lowest BCUT2D eigenvalue weighted by Gasteiger charge is -2.24. The molecule has 0 aromatic rings.